The van der Waals surface area contributed by atoms with Crippen LogP contribution in [-0.2, 0) is 11.2 Å². The summed E-state index contributed by atoms with van der Waals surface area (Å²) in [5.41, 5.74) is 5.54. The molecule has 0 radical (unpaired) electrons. The van der Waals surface area contributed by atoms with Gasteiger partial charge in [-0.25, -0.2) is 4.79 Å². The maximum absolute atomic E-state index is 13.2. The maximum Gasteiger partial charge on any atom is 0.434 e. The molecule has 2 rings (SSSR count). The van der Waals surface area contributed by atoms with Gasteiger partial charge in [0, 0.05) is 12.4 Å². The van der Waals surface area contributed by atoms with E-state index in [1.54, 1.807) is 30.9 Å². The van der Waals surface area contributed by atoms with E-state index in [1.807, 2.05) is 45.8 Å². The van der Waals surface area contributed by atoms with Gasteiger partial charge < -0.3 is 9.64 Å². The van der Waals surface area contributed by atoms with Crippen LogP contribution >= 0.6 is 0 Å². The average molecular weight is 453 g/mol. The normalized spacial score (nSPS) is 11.2. The number of ether oxygens (including phenoxy) is 1. The van der Waals surface area contributed by atoms with Gasteiger partial charge in [-0.15, -0.1) is 0 Å². The number of hydrogen-bond acceptors (Lipinski definition) is 7. The number of pyridine rings is 2. The Balaban J connectivity index is 2.42. The molecule has 2 aromatic heterocycles. The smallest absolute Gasteiger partial charge is 0.434 e. The van der Waals surface area contributed by atoms with E-state index >= 15 is 0 Å². The number of anilines is 2. The van der Waals surface area contributed by atoms with Gasteiger partial charge in [0.2, 0.25) is 0 Å². The Bertz CT molecular complexity index is 973. The molecule has 0 aliphatic rings. The maximum atomic E-state index is 13.2. The Morgan fingerprint density at radius 1 is 1.06 bits per heavy atom. The third kappa shape index (κ3) is 9.08. The van der Waals surface area contributed by atoms with Crippen molar-refractivity contribution in [1.82, 2.24) is 19.8 Å². The fourth-order valence-electron chi connectivity index (χ4n) is 2.92. The van der Waals surface area contributed by atoms with Crippen LogP contribution in [-0.4, -0.2) is 72.7 Å². The lowest BCUT2D eigenvalue weighted by molar-refractivity contribution is 0.0589. The zero-order valence-electron chi connectivity index (χ0n) is 20.8. The van der Waals surface area contributed by atoms with E-state index in [9.17, 15) is 4.79 Å². The molecule has 1 amide bonds. The van der Waals surface area contributed by atoms with Crippen LogP contribution in [0.2, 0.25) is 0 Å². The minimum Gasteiger partial charge on any atom is -0.442 e. The van der Waals surface area contributed by atoms with Crippen LogP contribution in [0.4, 0.5) is 16.2 Å². The van der Waals surface area contributed by atoms with Crippen molar-refractivity contribution in [3.63, 3.8) is 0 Å². The van der Waals surface area contributed by atoms with Crippen LogP contribution in [0.15, 0.2) is 36.9 Å². The number of nitrogens with zero attached hydrogens (tertiary/aromatic N) is 5. The van der Waals surface area contributed by atoms with Crippen LogP contribution in [0.25, 0.3) is 0 Å². The average Bonchev–Trinajstić information content (AvgIpc) is 2.71. The molecule has 8 nitrogen and oxygen atoms in total. The fourth-order valence-corrected chi connectivity index (χ4v) is 2.92. The summed E-state index contributed by atoms with van der Waals surface area (Å²) in [6.07, 6.45) is 8.02. The molecule has 0 saturated heterocycles. The van der Waals surface area contributed by atoms with Crippen molar-refractivity contribution >= 4 is 17.5 Å². The zero-order chi connectivity index (χ0) is 24.4. The molecule has 0 aromatic carbocycles. The molecule has 0 aliphatic carbocycles. The minimum atomic E-state index is -0.667. The molecule has 1 N–H and O–H groups in total. The molecular weight excluding hydrogens is 416 g/mol. The first-order valence-corrected chi connectivity index (χ1v) is 11.0. The number of carbonyl (C=O) groups is 1. The summed E-state index contributed by atoms with van der Waals surface area (Å²) in [5, 5.41) is 1.37. The van der Waals surface area contributed by atoms with Gasteiger partial charge in [-0.1, -0.05) is 11.8 Å². The first-order chi connectivity index (χ1) is 15.6. The number of aromatic nitrogens is 2. The highest BCUT2D eigenvalue weighted by molar-refractivity contribution is 5.92. The van der Waals surface area contributed by atoms with Crippen molar-refractivity contribution < 1.29 is 9.53 Å². The Kier molecular flexibility index (Phi) is 9.64. The van der Waals surface area contributed by atoms with E-state index in [0.717, 1.165) is 30.6 Å². The van der Waals surface area contributed by atoms with Crippen molar-refractivity contribution in [2.45, 2.75) is 39.2 Å². The van der Waals surface area contributed by atoms with E-state index < -0.39 is 11.7 Å². The summed E-state index contributed by atoms with van der Waals surface area (Å²) >= 11 is 0. The SMILES string of the molecule is CN(C)CC#Cc1ccncc1N(Nc1cnccc1CCCN(C)C)C(=O)OC(C)(C)C. The monoisotopic (exact) mass is 452 g/mol. The Hall–Kier alpha value is -3.15. The van der Waals surface area contributed by atoms with E-state index in [2.05, 4.69) is 46.2 Å². The molecular formula is C25H36N6O2. The molecule has 0 fully saturated rings. The first kappa shape index (κ1) is 26.1. The number of aryl methyl sites for hydroxylation is 1. The standard InChI is InChI=1S/C25H36N6O2/c1-25(2,3)33-24(32)31(23-19-27-15-13-21(23)11-9-17-30(6)7)28-22-18-26-14-12-20(22)10-8-16-29(4)5/h12-15,18-19,28H,8,10,16-17H2,1-7H3. The van der Waals surface area contributed by atoms with E-state index in [1.165, 1.54) is 5.01 Å². The van der Waals surface area contributed by atoms with Gasteiger partial charge in [0.05, 0.1) is 30.2 Å². The quantitative estimate of drug-likeness (QED) is 0.484. The van der Waals surface area contributed by atoms with Crippen molar-refractivity contribution in [2.75, 3.05) is 51.7 Å². The van der Waals surface area contributed by atoms with Crippen molar-refractivity contribution in [3.05, 3.63) is 48.0 Å². The number of hydrazine groups is 1. The van der Waals surface area contributed by atoms with Gasteiger partial charge in [-0.3, -0.25) is 20.3 Å². The van der Waals surface area contributed by atoms with Crippen LogP contribution in [0.1, 0.15) is 38.3 Å². The molecule has 0 atom stereocenters. The molecule has 2 heterocycles. The van der Waals surface area contributed by atoms with Gasteiger partial charge in [-0.2, -0.15) is 5.01 Å². The summed E-state index contributed by atoms with van der Waals surface area (Å²) in [7, 11) is 8.02. The van der Waals surface area contributed by atoms with Crippen molar-refractivity contribution in [2.24, 2.45) is 0 Å². The number of rotatable bonds is 8. The highest BCUT2D eigenvalue weighted by Crippen LogP contribution is 2.24. The van der Waals surface area contributed by atoms with Crippen LogP contribution in [0, 0.1) is 11.8 Å². The van der Waals surface area contributed by atoms with Crippen LogP contribution in [0.5, 0.6) is 0 Å². The lowest BCUT2D eigenvalue weighted by atomic mass is 10.1. The molecule has 2 aromatic rings. The minimum absolute atomic E-state index is 0.515. The van der Waals surface area contributed by atoms with Gasteiger partial charge in [0.1, 0.15) is 11.3 Å². The second-order valence-corrected chi connectivity index (χ2v) is 9.30. The van der Waals surface area contributed by atoms with Crippen LogP contribution < -0.4 is 10.4 Å². The van der Waals surface area contributed by atoms with Gasteiger partial charge in [-0.05, 0) is 86.0 Å². The summed E-state index contributed by atoms with van der Waals surface area (Å²) in [6.45, 7) is 7.06. The van der Waals surface area contributed by atoms with Crippen molar-refractivity contribution in [3.8, 4) is 11.8 Å². The predicted octanol–water partition coefficient (Wildman–Crippen LogP) is 3.65. The summed E-state index contributed by atoms with van der Waals surface area (Å²) < 4.78 is 5.69. The molecule has 0 bridgehead atoms. The second kappa shape index (κ2) is 12.2. The highest BCUT2D eigenvalue weighted by atomic mass is 16.6. The highest BCUT2D eigenvalue weighted by Gasteiger charge is 2.26. The third-order valence-electron chi connectivity index (χ3n) is 4.43. The Labute approximate surface area is 197 Å². The molecule has 0 aliphatic heterocycles. The number of nitrogens with one attached hydrogen (secondary N) is 1. The zero-order valence-corrected chi connectivity index (χ0v) is 20.8. The number of hydrogen-bond donors (Lipinski definition) is 1. The lowest BCUT2D eigenvalue weighted by Gasteiger charge is -2.29. The van der Waals surface area contributed by atoms with Gasteiger partial charge in [0.15, 0.2) is 0 Å². The van der Waals surface area contributed by atoms with E-state index in [0.29, 0.717) is 17.8 Å². The molecule has 0 spiro atoms. The summed E-state index contributed by atoms with van der Waals surface area (Å²) in [5.74, 6) is 6.27. The Morgan fingerprint density at radius 3 is 2.42 bits per heavy atom. The molecule has 178 valence electrons. The lowest BCUT2D eigenvalue weighted by Crippen LogP contribution is -2.41. The third-order valence-corrected chi connectivity index (χ3v) is 4.43. The van der Waals surface area contributed by atoms with E-state index in [-0.39, 0.29) is 0 Å². The number of amides is 1. The first-order valence-electron chi connectivity index (χ1n) is 11.0. The topological polar surface area (TPSA) is 73.8 Å². The molecule has 33 heavy (non-hydrogen) atoms. The molecule has 0 unspecified atom stereocenters. The molecule has 0 saturated carbocycles. The fraction of sp³-hybridized carbons (Fsp3) is 0.480. The second-order valence-electron chi connectivity index (χ2n) is 9.30. The largest absolute Gasteiger partial charge is 0.442 e. The van der Waals surface area contributed by atoms with Crippen molar-refractivity contribution in [1.29, 1.82) is 0 Å². The van der Waals surface area contributed by atoms with Crippen LogP contribution in [0.3, 0.4) is 0 Å². The van der Waals surface area contributed by atoms with Gasteiger partial charge in [0.25, 0.3) is 0 Å². The van der Waals surface area contributed by atoms with Gasteiger partial charge >= 0.3 is 6.09 Å². The summed E-state index contributed by atoms with van der Waals surface area (Å²) in [4.78, 5) is 25.9. The predicted molar refractivity (Wildman–Crippen MR) is 133 cm³/mol. The number of carbonyl (C=O) groups excluding carboxylic acids is 1. The summed E-state index contributed by atoms with van der Waals surface area (Å²) in [6, 6.07) is 3.75. The van der Waals surface area contributed by atoms with E-state index in [4.69, 9.17) is 4.74 Å². The molecule has 8 heteroatoms. The Morgan fingerprint density at radius 2 is 1.76 bits per heavy atom.